The van der Waals surface area contributed by atoms with Crippen LogP contribution in [-0.4, -0.2) is 21.9 Å². The van der Waals surface area contributed by atoms with Crippen LogP contribution in [0.15, 0.2) is 61.2 Å². The maximum Gasteiger partial charge on any atom is 0.158 e. The van der Waals surface area contributed by atoms with Crippen molar-refractivity contribution < 1.29 is 9.47 Å². The molecule has 1 saturated heterocycles. The molecule has 0 radical (unpaired) electrons. The minimum Gasteiger partial charge on any atom is -0.348 e. The van der Waals surface area contributed by atoms with Gasteiger partial charge in [0.15, 0.2) is 6.29 Å². The van der Waals surface area contributed by atoms with Crippen LogP contribution in [0.3, 0.4) is 0 Å². The van der Waals surface area contributed by atoms with Crippen molar-refractivity contribution in [3.05, 3.63) is 87.4 Å². The van der Waals surface area contributed by atoms with Gasteiger partial charge in [-0.1, -0.05) is 53.0 Å². The summed E-state index contributed by atoms with van der Waals surface area (Å²) < 4.78 is 14.8. The maximum absolute atomic E-state index is 6.52. The van der Waals surface area contributed by atoms with Crippen molar-refractivity contribution in [3.8, 4) is 0 Å². The van der Waals surface area contributed by atoms with E-state index >= 15 is 0 Å². The lowest BCUT2D eigenvalue weighted by Crippen LogP contribution is -2.33. The molecule has 1 aliphatic heterocycles. The topological polar surface area (TPSA) is 36.3 Å². The summed E-state index contributed by atoms with van der Waals surface area (Å²) in [4.78, 5) is 4.11. The fourth-order valence-electron chi connectivity index (χ4n) is 3.74. The quantitative estimate of drug-likeness (QED) is 0.388. The molecule has 0 aliphatic carbocycles. The van der Waals surface area contributed by atoms with Crippen LogP contribution in [0, 0.1) is 0 Å². The predicted molar refractivity (Wildman–Crippen MR) is 120 cm³/mol. The average Bonchev–Trinajstić information content (AvgIpc) is 3.23. The molecule has 1 aromatic heterocycles. The van der Waals surface area contributed by atoms with E-state index in [4.69, 9.17) is 44.3 Å². The van der Waals surface area contributed by atoms with Crippen molar-refractivity contribution in [2.75, 3.05) is 0 Å². The molecule has 2 aromatic carbocycles. The third kappa shape index (κ3) is 5.77. The zero-order valence-electron chi connectivity index (χ0n) is 16.4. The molecule has 0 N–H and O–H groups in total. The van der Waals surface area contributed by atoms with Crippen LogP contribution in [0.2, 0.25) is 15.1 Å². The van der Waals surface area contributed by atoms with Gasteiger partial charge in [-0.05, 0) is 54.7 Å². The molecule has 4 nitrogen and oxygen atoms in total. The molecule has 0 amide bonds. The van der Waals surface area contributed by atoms with E-state index in [0.29, 0.717) is 21.5 Å². The minimum absolute atomic E-state index is 0.0924. The van der Waals surface area contributed by atoms with Crippen molar-refractivity contribution in [2.24, 2.45) is 0 Å². The first-order valence-electron chi connectivity index (χ1n) is 10.0. The Morgan fingerprint density at radius 2 is 1.87 bits per heavy atom. The Hall–Kier alpha value is -1.56. The number of nitrogens with zero attached hydrogens (tertiary/aromatic N) is 2. The highest BCUT2D eigenvalue weighted by Gasteiger charge is 2.27. The third-order valence-corrected chi connectivity index (χ3v) is 6.06. The van der Waals surface area contributed by atoms with Gasteiger partial charge in [0.25, 0.3) is 0 Å². The van der Waals surface area contributed by atoms with Crippen LogP contribution in [0.25, 0.3) is 0 Å². The summed E-state index contributed by atoms with van der Waals surface area (Å²) in [7, 11) is 0. The first-order valence-corrected chi connectivity index (χ1v) is 11.2. The van der Waals surface area contributed by atoms with Crippen molar-refractivity contribution in [1.82, 2.24) is 9.55 Å². The molecule has 4 rings (SSSR count). The highest BCUT2D eigenvalue weighted by Crippen LogP contribution is 2.34. The zero-order chi connectivity index (χ0) is 20.9. The lowest BCUT2D eigenvalue weighted by Gasteiger charge is -2.33. The van der Waals surface area contributed by atoms with Crippen molar-refractivity contribution in [2.45, 2.75) is 50.7 Å². The molecular weight excluding hydrogens is 443 g/mol. The number of hydrogen-bond donors (Lipinski definition) is 0. The standard InChI is InChI=1S/C23H23Cl3N2O2/c24-17-6-4-16(5-7-17)12-22(20-9-8-18(25)13-21(20)26)30-23-3-1-2-19(29-23)14-28-11-10-27-15-28/h4-11,13,15,19,22-23H,1-3,12,14H2. The summed E-state index contributed by atoms with van der Waals surface area (Å²) in [5.74, 6) is 0. The van der Waals surface area contributed by atoms with Gasteiger partial charge in [-0.2, -0.15) is 0 Å². The van der Waals surface area contributed by atoms with Crippen LogP contribution >= 0.6 is 34.8 Å². The van der Waals surface area contributed by atoms with E-state index in [1.54, 1.807) is 12.3 Å². The Kier molecular flexibility index (Phi) is 7.34. The third-order valence-electron chi connectivity index (χ3n) is 5.24. The Morgan fingerprint density at radius 1 is 1.07 bits per heavy atom. The molecule has 2 heterocycles. The zero-order valence-corrected chi connectivity index (χ0v) is 18.7. The van der Waals surface area contributed by atoms with Gasteiger partial charge >= 0.3 is 0 Å². The second-order valence-corrected chi connectivity index (χ2v) is 8.78. The number of hydrogen-bond acceptors (Lipinski definition) is 3. The molecule has 3 unspecified atom stereocenters. The number of imidazole rings is 1. The first-order chi connectivity index (χ1) is 14.6. The van der Waals surface area contributed by atoms with Gasteiger partial charge in [0.05, 0.1) is 18.5 Å². The maximum atomic E-state index is 6.52. The summed E-state index contributed by atoms with van der Waals surface area (Å²) in [6.45, 7) is 0.767. The number of benzene rings is 2. The summed E-state index contributed by atoms with van der Waals surface area (Å²) in [5.41, 5.74) is 2.01. The number of aromatic nitrogens is 2. The molecule has 30 heavy (non-hydrogen) atoms. The van der Waals surface area contributed by atoms with E-state index in [1.807, 2.05) is 53.5 Å². The van der Waals surface area contributed by atoms with Crippen LogP contribution in [0.1, 0.15) is 36.5 Å². The van der Waals surface area contributed by atoms with E-state index in [-0.39, 0.29) is 18.5 Å². The van der Waals surface area contributed by atoms with E-state index < -0.39 is 0 Å². The molecule has 0 saturated carbocycles. The first kappa shape index (κ1) is 21.7. The lowest BCUT2D eigenvalue weighted by molar-refractivity contribution is -0.218. The molecule has 0 bridgehead atoms. The highest BCUT2D eigenvalue weighted by molar-refractivity contribution is 6.35. The van der Waals surface area contributed by atoms with E-state index in [1.165, 1.54) is 0 Å². The number of halogens is 3. The van der Waals surface area contributed by atoms with Gasteiger partial charge in [-0.15, -0.1) is 0 Å². The fraction of sp³-hybridized carbons (Fsp3) is 0.348. The normalized spacial score (nSPS) is 20.2. The Morgan fingerprint density at radius 3 is 2.60 bits per heavy atom. The smallest absolute Gasteiger partial charge is 0.158 e. The Bertz CT molecular complexity index is 948. The van der Waals surface area contributed by atoms with Gasteiger partial charge in [0.1, 0.15) is 0 Å². The molecular formula is C23H23Cl3N2O2. The van der Waals surface area contributed by atoms with Crippen LogP contribution in [-0.2, 0) is 22.4 Å². The fourth-order valence-corrected chi connectivity index (χ4v) is 4.40. The molecule has 1 fully saturated rings. The molecule has 3 atom stereocenters. The van der Waals surface area contributed by atoms with E-state index in [2.05, 4.69) is 4.98 Å². The molecule has 158 valence electrons. The summed E-state index contributed by atoms with van der Waals surface area (Å²) in [5, 5.41) is 1.90. The van der Waals surface area contributed by atoms with E-state index in [0.717, 1.165) is 36.9 Å². The second-order valence-electron chi connectivity index (χ2n) is 7.50. The predicted octanol–water partition coefficient (Wildman–Crippen LogP) is 6.74. The van der Waals surface area contributed by atoms with Crippen LogP contribution < -0.4 is 0 Å². The monoisotopic (exact) mass is 464 g/mol. The Labute approximate surface area is 191 Å². The molecule has 0 spiro atoms. The summed E-state index contributed by atoms with van der Waals surface area (Å²) in [6, 6.07) is 13.3. The van der Waals surface area contributed by atoms with E-state index in [9.17, 15) is 0 Å². The summed E-state index contributed by atoms with van der Waals surface area (Å²) >= 11 is 18.7. The average molecular weight is 466 g/mol. The van der Waals surface area contributed by atoms with Gasteiger partial charge < -0.3 is 14.0 Å². The summed E-state index contributed by atoms with van der Waals surface area (Å²) in [6.07, 6.45) is 8.64. The SMILES string of the molecule is Clc1ccc(CC(OC2CCCC(Cn3ccnc3)O2)c2ccc(Cl)cc2Cl)cc1. The van der Waals surface area contributed by atoms with Gasteiger partial charge in [-0.3, -0.25) is 0 Å². The van der Waals surface area contributed by atoms with Crippen molar-refractivity contribution in [1.29, 1.82) is 0 Å². The van der Waals surface area contributed by atoms with Gasteiger partial charge in [0.2, 0.25) is 0 Å². The Balaban J connectivity index is 1.50. The highest BCUT2D eigenvalue weighted by atomic mass is 35.5. The van der Waals surface area contributed by atoms with Crippen molar-refractivity contribution in [3.63, 3.8) is 0 Å². The molecule has 7 heteroatoms. The lowest BCUT2D eigenvalue weighted by atomic mass is 10.0. The van der Waals surface area contributed by atoms with Gasteiger partial charge in [0, 0.05) is 40.4 Å². The molecule has 1 aliphatic rings. The van der Waals surface area contributed by atoms with Crippen molar-refractivity contribution >= 4 is 34.8 Å². The largest absolute Gasteiger partial charge is 0.348 e. The van der Waals surface area contributed by atoms with Gasteiger partial charge in [-0.25, -0.2) is 4.98 Å². The second kappa shape index (κ2) is 10.2. The molecule has 3 aromatic rings. The minimum atomic E-state index is -0.295. The number of rotatable bonds is 7. The number of ether oxygens (including phenoxy) is 2. The van der Waals surface area contributed by atoms with Crippen LogP contribution in [0.4, 0.5) is 0 Å². The van der Waals surface area contributed by atoms with Crippen LogP contribution in [0.5, 0.6) is 0 Å².